The summed E-state index contributed by atoms with van der Waals surface area (Å²) in [6, 6.07) is 0. The van der Waals surface area contributed by atoms with Gasteiger partial charge in [-0.3, -0.25) is 4.79 Å². The van der Waals surface area contributed by atoms with E-state index in [4.69, 9.17) is 94.7 Å². The van der Waals surface area contributed by atoms with Gasteiger partial charge in [-0.1, -0.05) is 60.1 Å². The number of esters is 1. The molecule has 0 bridgehead atoms. The Labute approximate surface area is 783 Å². The van der Waals surface area contributed by atoms with Gasteiger partial charge in [0.1, 0.15) is 214 Å². The number of ether oxygens (including phenoxy) is 20. The molecule has 0 aromatic rings. The number of aliphatic hydroxyl groups is 27. The standard InChI is InChI=1S/C88H144O48/c1-29-44(93)52(101)59(108)72(121-29)118-28-40-51(100)70(134-77-61(110)54(103)48(97)35(22-89)124-77)66(115)80(129-40)132-68-37(24-91)126-76(64(113)57(68)106)127-39-27-120-74(58(107)50(39)99)133-69-46(95)31(3)123-79(65(69)114)135-71-47(96)34(92)25-117-81(71)130-43-14-15-85(8)41(84(43,6)7)13-16-87(10)42(85)12-11-32-33-21-83(4,5)17-19-88(33,20-18-86(32,87)9)82(116)136-78-62(111)55(104)49(98)38(128-78)26-119-73-63(112)56(105)67(36(23-90)125-73)131-75-60(109)53(102)45(94)30(2)122-75/h11,29-31,33-81,89-115H,12-28H2,1-10H3/t29-,30-,31-,33-,34-,35+,36+,37+,38+,39+,40+,41-,42+,43-,44-,45-,46-,47-,48+,49+,50+,51+,52+,53+,54-,55-,56+,57+,58+,59+,60+,61+,62+,63+,64+,65+,66+,67+,68+,69+,70-,71+,72+,73+,74-,75-,76-,77-,78-,79-,80-,81-,85-,86+,87+,88-/m0/s1. The molecule has 48 nitrogen and oxygen atoms in total. The van der Waals surface area contributed by atoms with E-state index < -0.39 is 369 Å². The van der Waals surface area contributed by atoms with Crippen LogP contribution in [0.3, 0.4) is 0 Å². The molecule has 5 aliphatic carbocycles. The van der Waals surface area contributed by atoms with Gasteiger partial charge in [-0.05, 0) is 130 Å². The van der Waals surface area contributed by atoms with Crippen molar-refractivity contribution in [2.24, 2.45) is 50.2 Å². The fraction of sp³-hybridized carbons (Fsp3) is 0.966. The number of carbonyl (C=O) groups is 1. The lowest BCUT2D eigenvalue weighted by Crippen LogP contribution is -2.67. The molecule has 0 amide bonds. The van der Waals surface area contributed by atoms with Gasteiger partial charge in [0.2, 0.25) is 6.29 Å². The zero-order chi connectivity index (χ0) is 99.0. The van der Waals surface area contributed by atoms with Crippen molar-refractivity contribution in [1.82, 2.24) is 0 Å². The second-order valence-electron chi connectivity index (χ2n) is 42.3. The average molecular weight is 1970 g/mol. The maximum atomic E-state index is 15.5. The summed E-state index contributed by atoms with van der Waals surface area (Å²) >= 11 is 0. The monoisotopic (exact) mass is 1970 g/mol. The van der Waals surface area contributed by atoms with E-state index in [2.05, 4.69) is 54.5 Å². The maximum absolute atomic E-state index is 15.5. The van der Waals surface area contributed by atoms with Crippen molar-refractivity contribution in [3.05, 3.63) is 11.6 Å². The van der Waals surface area contributed by atoms with E-state index in [1.165, 1.54) is 20.8 Å². The highest BCUT2D eigenvalue weighted by Crippen LogP contribution is 2.76. The predicted molar refractivity (Wildman–Crippen MR) is 442 cm³/mol. The molecule has 15 aliphatic rings. The molecule has 56 atom stereocenters. The molecule has 0 radical (unpaired) electrons. The molecule has 0 spiro atoms. The summed E-state index contributed by atoms with van der Waals surface area (Å²) in [6.07, 6.45) is -78.1. The Morgan fingerprint density at radius 1 is 0.353 bits per heavy atom. The van der Waals surface area contributed by atoms with E-state index in [1.807, 2.05) is 0 Å². The van der Waals surface area contributed by atoms with Gasteiger partial charge in [-0.2, -0.15) is 0 Å². The topological polar surface area (TPSA) is 748 Å². The third-order valence-corrected chi connectivity index (χ3v) is 33.2. The maximum Gasteiger partial charge on any atom is 0.315 e. The van der Waals surface area contributed by atoms with Crippen LogP contribution in [0.2, 0.25) is 0 Å². The molecule has 14 fully saturated rings. The highest BCUT2D eigenvalue weighted by Gasteiger charge is 2.72. The normalized spacial score (nSPS) is 54.9. The molecule has 0 aromatic heterocycles. The first-order valence-electron chi connectivity index (χ1n) is 47.3. The van der Waals surface area contributed by atoms with Crippen molar-refractivity contribution >= 4 is 5.97 Å². The number of allylic oxidation sites excluding steroid dienone is 2. The van der Waals surface area contributed by atoms with Gasteiger partial charge in [-0.25, -0.2) is 0 Å². The summed E-state index contributed by atoms with van der Waals surface area (Å²) in [7, 11) is 0. The van der Waals surface area contributed by atoms with Crippen LogP contribution in [0.25, 0.3) is 0 Å². The van der Waals surface area contributed by atoms with Gasteiger partial charge in [0.25, 0.3) is 0 Å². The van der Waals surface area contributed by atoms with Crippen LogP contribution in [0.15, 0.2) is 11.6 Å². The molecule has 784 valence electrons. The lowest BCUT2D eigenvalue weighted by Gasteiger charge is -2.71. The van der Waals surface area contributed by atoms with Crippen molar-refractivity contribution in [2.45, 2.75) is 434 Å². The van der Waals surface area contributed by atoms with Crippen LogP contribution >= 0.6 is 0 Å². The molecule has 0 unspecified atom stereocenters. The highest BCUT2D eigenvalue weighted by molar-refractivity contribution is 5.79. The van der Waals surface area contributed by atoms with E-state index in [0.29, 0.717) is 51.4 Å². The van der Waals surface area contributed by atoms with Crippen LogP contribution < -0.4 is 0 Å². The Hall–Kier alpha value is -2.63. The summed E-state index contributed by atoms with van der Waals surface area (Å²) in [5.41, 5.74) is -1.99. The fourth-order valence-corrected chi connectivity index (χ4v) is 24.5. The Morgan fingerprint density at radius 3 is 1.38 bits per heavy atom. The van der Waals surface area contributed by atoms with Gasteiger partial charge < -0.3 is 233 Å². The second kappa shape index (κ2) is 41.9. The van der Waals surface area contributed by atoms with E-state index in [-0.39, 0.29) is 34.0 Å². The third kappa shape index (κ3) is 19.7. The average Bonchev–Trinajstić information content (AvgIpc) is 0.671. The lowest BCUT2D eigenvalue weighted by atomic mass is 9.33. The molecular formula is C88H144O48. The first kappa shape index (κ1) is 108. The minimum Gasteiger partial charge on any atom is -0.432 e. The SMILES string of the molecule is C[C@@H]1O[C@@H](OC[C@H]2O[C@@H](O[C@H]3[C@H](O)[C@@H](O)[C@H](O[C@@H]4CO[C@@H](O[C@@H]5[C@@H](O)[C@H](C)O[C@@H](O[C@H]6[C@H](O[C@H]7CC[C@]8(C)[C@H]9CC=C%10[C@@H]%11CC(C)(C)CC[C@]%11(C(=O)O[C@@H]%11O[C@H](CO[C@@H]%12O[C@H](CO)[C@@H](O[C@@H]%13O[C@@H](C)[C@H](O)[C@@H](O)[C@H]%13O)[C@H](O)[C@H]%12O)[C@@H](O)[C@H](O)[C@H]%11O)CC[C@@]%10(C)[C@]9(C)CC[C@H]8C7(C)C)OC[C@H](O)[C@@H]6O)[C@@H]5O)[C@H](O)[C@@H]4O)O[C@@H]3CO)[C@H](O)[C@@H](O[C@@H]3O[C@H](CO)[C@@H](O)[C@H](O)[C@H]3O)[C@@H]2O)[C@H](O)[C@H](O)[C@H]1O. The van der Waals surface area contributed by atoms with Crippen molar-refractivity contribution in [3.63, 3.8) is 0 Å². The molecule has 0 aromatic carbocycles. The first-order valence-corrected chi connectivity index (χ1v) is 47.3. The van der Waals surface area contributed by atoms with E-state index in [0.717, 1.165) is 18.4 Å². The molecule has 10 heterocycles. The Morgan fingerprint density at radius 2 is 0.779 bits per heavy atom. The van der Waals surface area contributed by atoms with Crippen LogP contribution in [-0.4, -0.2) is 491 Å². The highest BCUT2D eigenvalue weighted by atomic mass is 16.8. The van der Waals surface area contributed by atoms with Gasteiger partial charge in [-0.15, -0.1) is 0 Å². The summed E-state index contributed by atoms with van der Waals surface area (Å²) in [6.45, 7) is 14.3. The molecule has 27 N–H and O–H groups in total. The van der Waals surface area contributed by atoms with Crippen LogP contribution in [0, 0.1) is 50.2 Å². The van der Waals surface area contributed by atoms with Gasteiger partial charge in [0.15, 0.2) is 56.6 Å². The summed E-state index contributed by atoms with van der Waals surface area (Å²) in [4.78, 5) is 15.5. The zero-order valence-corrected chi connectivity index (χ0v) is 77.3. The molecule has 15 rings (SSSR count). The largest absolute Gasteiger partial charge is 0.432 e. The number of rotatable bonds is 25. The summed E-state index contributed by atoms with van der Waals surface area (Å²) in [5, 5.41) is 299. The van der Waals surface area contributed by atoms with Crippen LogP contribution in [-0.2, 0) is 99.5 Å². The second-order valence-corrected chi connectivity index (χ2v) is 42.3. The van der Waals surface area contributed by atoms with Gasteiger partial charge in [0.05, 0.1) is 76.1 Å². The number of fused-ring (bicyclic) bond motifs is 7. The Bertz CT molecular complexity index is 3950. The van der Waals surface area contributed by atoms with Crippen molar-refractivity contribution in [1.29, 1.82) is 0 Å². The first-order chi connectivity index (χ1) is 63.9. The van der Waals surface area contributed by atoms with E-state index >= 15 is 4.79 Å². The van der Waals surface area contributed by atoms with Crippen LogP contribution in [0.4, 0.5) is 0 Å². The molecule has 4 saturated carbocycles. The lowest BCUT2D eigenvalue weighted by molar-refractivity contribution is -0.392. The molecule has 10 aliphatic heterocycles. The molecule has 136 heavy (non-hydrogen) atoms. The van der Waals surface area contributed by atoms with Crippen molar-refractivity contribution in [2.75, 3.05) is 46.2 Å². The summed E-state index contributed by atoms with van der Waals surface area (Å²) in [5.74, 6) is -0.915. The van der Waals surface area contributed by atoms with E-state index in [9.17, 15) is 138 Å². The fourth-order valence-electron chi connectivity index (χ4n) is 24.5. The molecule has 10 saturated heterocycles. The van der Waals surface area contributed by atoms with E-state index in [1.54, 1.807) is 0 Å². The molecule has 48 heteroatoms. The third-order valence-electron chi connectivity index (χ3n) is 33.2. The minimum absolute atomic E-state index is 0.00573. The Kier molecular flexibility index (Phi) is 33.2. The van der Waals surface area contributed by atoms with Crippen LogP contribution in [0.1, 0.15) is 133 Å². The number of hydrogen-bond donors (Lipinski definition) is 27. The van der Waals surface area contributed by atoms with Gasteiger partial charge in [0, 0.05) is 0 Å². The quantitative estimate of drug-likeness (QED) is 0.0229. The van der Waals surface area contributed by atoms with Crippen molar-refractivity contribution < 1.29 is 237 Å². The zero-order valence-electron chi connectivity index (χ0n) is 77.3. The predicted octanol–water partition coefficient (Wildman–Crippen LogP) is -10.7. The summed E-state index contributed by atoms with van der Waals surface area (Å²) < 4.78 is 119. The van der Waals surface area contributed by atoms with Crippen LogP contribution in [0.5, 0.6) is 0 Å². The number of carbonyl (C=O) groups excluding carboxylic acids is 1. The smallest absolute Gasteiger partial charge is 0.315 e. The van der Waals surface area contributed by atoms with Crippen molar-refractivity contribution in [3.8, 4) is 0 Å². The minimum atomic E-state index is -2.22. The van der Waals surface area contributed by atoms with Gasteiger partial charge >= 0.3 is 5.97 Å². The molecular weight excluding hydrogens is 1820 g/mol. The number of aliphatic hydroxyl groups excluding tert-OH is 27. The number of hydrogen-bond acceptors (Lipinski definition) is 48. The Balaban J connectivity index is 0.565.